The first-order chi connectivity index (χ1) is 13.5. The number of guanidine groups is 1. The van der Waals surface area contributed by atoms with Gasteiger partial charge in [-0.15, -0.1) is 0 Å². The van der Waals surface area contributed by atoms with Crippen LogP contribution in [-0.2, 0) is 0 Å². The number of aliphatic imine (C=N–C) groups is 1. The van der Waals surface area contributed by atoms with E-state index in [0.29, 0.717) is 30.4 Å². The zero-order chi connectivity index (χ0) is 20.4. The van der Waals surface area contributed by atoms with Crippen LogP contribution in [0.4, 0.5) is 8.78 Å². The fourth-order valence-electron chi connectivity index (χ4n) is 2.40. The second kappa shape index (κ2) is 11.1. The smallest absolute Gasteiger partial charge is 0.191 e. The van der Waals surface area contributed by atoms with Crippen LogP contribution in [0.2, 0.25) is 0 Å². The number of halogens is 2. The molecule has 8 heteroatoms. The SMILES string of the molecule is CCNC(=NCC(O)c1cccc(OC)c1)NCCOc1ccc(F)cc1F. The van der Waals surface area contributed by atoms with Gasteiger partial charge in [0.2, 0.25) is 0 Å². The van der Waals surface area contributed by atoms with Gasteiger partial charge in [0, 0.05) is 12.6 Å². The highest BCUT2D eigenvalue weighted by Crippen LogP contribution is 2.19. The summed E-state index contributed by atoms with van der Waals surface area (Å²) in [6.07, 6.45) is -0.782. The average molecular weight is 393 g/mol. The lowest BCUT2D eigenvalue weighted by atomic mass is 10.1. The van der Waals surface area contributed by atoms with Gasteiger partial charge in [-0.25, -0.2) is 8.78 Å². The summed E-state index contributed by atoms with van der Waals surface area (Å²) in [6.45, 7) is 3.20. The highest BCUT2D eigenvalue weighted by atomic mass is 19.1. The summed E-state index contributed by atoms with van der Waals surface area (Å²) in [5, 5.41) is 16.4. The zero-order valence-corrected chi connectivity index (χ0v) is 15.9. The quantitative estimate of drug-likeness (QED) is 0.347. The first-order valence-electron chi connectivity index (χ1n) is 8.95. The van der Waals surface area contributed by atoms with Crippen molar-refractivity contribution >= 4 is 5.96 Å². The van der Waals surface area contributed by atoms with Gasteiger partial charge in [0.05, 0.1) is 26.3 Å². The Morgan fingerprint density at radius 3 is 2.71 bits per heavy atom. The van der Waals surface area contributed by atoms with Crippen molar-refractivity contribution in [2.45, 2.75) is 13.0 Å². The van der Waals surface area contributed by atoms with Crippen molar-refractivity contribution in [3.8, 4) is 11.5 Å². The molecule has 2 aromatic rings. The summed E-state index contributed by atoms with van der Waals surface area (Å²) >= 11 is 0. The molecule has 0 saturated heterocycles. The van der Waals surface area contributed by atoms with E-state index in [2.05, 4.69) is 15.6 Å². The number of aliphatic hydroxyl groups excluding tert-OH is 1. The molecule has 3 N–H and O–H groups in total. The maximum atomic E-state index is 13.5. The molecule has 0 amide bonds. The third kappa shape index (κ3) is 6.70. The van der Waals surface area contributed by atoms with E-state index >= 15 is 0 Å². The van der Waals surface area contributed by atoms with Gasteiger partial charge >= 0.3 is 0 Å². The molecule has 0 aromatic heterocycles. The van der Waals surface area contributed by atoms with Crippen molar-refractivity contribution < 1.29 is 23.4 Å². The van der Waals surface area contributed by atoms with E-state index in [4.69, 9.17) is 9.47 Å². The Bertz CT molecular complexity index is 787. The van der Waals surface area contributed by atoms with Gasteiger partial charge < -0.3 is 25.2 Å². The molecule has 28 heavy (non-hydrogen) atoms. The molecule has 0 aliphatic carbocycles. The van der Waals surface area contributed by atoms with E-state index in [1.54, 1.807) is 31.4 Å². The second-order valence-corrected chi connectivity index (χ2v) is 5.86. The Hall–Kier alpha value is -2.87. The van der Waals surface area contributed by atoms with E-state index in [0.717, 1.165) is 12.1 Å². The molecule has 0 heterocycles. The number of ether oxygens (including phenoxy) is 2. The van der Waals surface area contributed by atoms with Crippen LogP contribution in [-0.4, -0.2) is 44.4 Å². The number of nitrogens with one attached hydrogen (secondary N) is 2. The third-order valence-electron chi connectivity index (χ3n) is 3.79. The molecule has 1 atom stereocenters. The lowest BCUT2D eigenvalue weighted by Crippen LogP contribution is -2.39. The Morgan fingerprint density at radius 1 is 1.18 bits per heavy atom. The number of aliphatic hydroxyl groups is 1. The van der Waals surface area contributed by atoms with Crippen molar-refractivity contribution in [2.24, 2.45) is 4.99 Å². The van der Waals surface area contributed by atoms with E-state index in [9.17, 15) is 13.9 Å². The van der Waals surface area contributed by atoms with Crippen molar-refractivity contribution in [1.29, 1.82) is 0 Å². The van der Waals surface area contributed by atoms with Gasteiger partial charge in [0.15, 0.2) is 17.5 Å². The van der Waals surface area contributed by atoms with E-state index in [1.165, 1.54) is 6.07 Å². The zero-order valence-electron chi connectivity index (χ0n) is 15.9. The lowest BCUT2D eigenvalue weighted by molar-refractivity contribution is 0.186. The first kappa shape index (κ1) is 21.4. The van der Waals surface area contributed by atoms with Gasteiger partial charge in [0.1, 0.15) is 18.2 Å². The predicted octanol–water partition coefficient (Wildman–Crippen LogP) is 2.64. The largest absolute Gasteiger partial charge is 0.497 e. The van der Waals surface area contributed by atoms with Crippen molar-refractivity contribution in [2.75, 3.05) is 33.4 Å². The molecule has 152 valence electrons. The summed E-state index contributed by atoms with van der Waals surface area (Å²) in [5.41, 5.74) is 0.703. The molecule has 2 aromatic carbocycles. The number of nitrogens with zero attached hydrogens (tertiary/aromatic N) is 1. The summed E-state index contributed by atoms with van der Waals surface area (Å²) in [6, 6.07) is 10.3. The number of benzene rings is 2. The standard InChI is InChI=1S/C20H25F2N3O3/c1-3-23-20(24-9-10-28-19-8-7-15(21)12-17(19)22)25-13-18(26)14-5-4-6-16(11-14)27-2/h4-8,11-12,18,26H,3,9-10,13H2,1-2H3,(H2,23,24,25). The van der Waals surface area contributed by atoms with Gasteiger partial charge in [-0.3, -0.25) is 4.99 Å². The average Bonchev–Trinajstić information content (AvgIpc) is 2.70. The molecular formula is C20H25F2N3O3. The van der Waals surface area contributed by atoms with Gasteiger partial charge in [-0.1, -0.05) is 12.1 Å². The van der Waals surface area contributed by atoms with E-state index in [1.807, 2.05) is 6.92 Å². The molecule has 0 saturated carbocycles. The topological polar surface area (TPSA) is 75.1 Å². The Kier molecular flexibility index (Phi) is 8.48. The minimum Gasteiger partial charge on any atom is -0.497 e. The molecule has 0 aliphatic heterocycles. The van der Waals surface area contributed by atoms with Gasteiger partial charge in [-0.05, 0) is 36.8 Å². The highest BCUT2D eigenvalue weighted by molar-refractivity contribution is 5.79. The van der Waals surface area contributed by atoms with Crippen LogP contribution >= 0.6 is 0 Å². The Morgan fingerprint density at radius 2 is 2.00 bits per heavy atom. The normalized spacial score (nSPS) is 12.4. The minimum atomic E-state index is -0.782. The summed E-state index contributed by atoms with van der Waals surface area (Å²) in [5.74, 6) is -0.261. The molecule has 0 spiro atoms. The second-order valence-electron chi connectivity index (χ2n) is 5.86. The molecule has 0 aliphatic rings. The van der Waals surface area contributed by atoms with Crippen LogP contribution in [0.5, 0.6) is 11.5 Å². The number of hydrogen-bond donors (Lipinski definition) is 3. The molecule has 0 bridgehead atoms. The summed E-state index contributed by atoms with van der Waals surface area (Å²) < 4.78 is 36.8. The lowest BCUT2D eigenvalue weighted by Gasteiger charge is -2.14. The van der Waals surface area contributed by atoms with Crippen molar-refractivity contribution in [3.05, 3.63) is 59.7 Å². The summed E-state index contributed by atoms with van der Waals surface area (Å²) in [7, 11) is 1.57. The van der Waals surface area contributed by atoms with Crippen molar-refractivity contribution in [3.63, 3.8) is 0 Å². The maximum Gasteiger partial charge on any atom is 0.191 e. The van der Waals surface area contributed by atoms with Gasteiger partial charge in [0.25, 0.3) is 0 Å². The first-order valence-corrected chi connectivity index (χ1v) is 8.95. The van der Waals surface area contributed by atoms with Crippen molar-refractivity contribution in [1.82, 2.24) is 10.6 Å². The number of hydrogen-bond acceptors (Lipinski definition) is 4. The van der Waals surface area contributed by atoms with Crippen LogP contribution in [0.15, 0.2) is 47.5 Å². The maximum absolute atomic E-state index is 13.5. The third-order valence-corrected chi connectivity index (χ3v) is 3.79. The molecule has 0 fully saturated rings. The van der Waals surface area contributed by atoms with E-state index < -0.39 is 17.7 Å². The molecule has 6 nitrogen and oxygen atoms in total. The molecule has 2 rings (SSSR count). The van der Waals surface area contributed by atoms with Crippen LogP contribution in [0.25, 0.3) is 0 Å². The Labute approximate surface area is 163 Å². The van der Waals surface area contributed by atoms with E-state index in [-0.39, 0.29) is 18.9 Å². The number of rotatable bonds is 9. The predicted molar refractivity (Wildman–Crippen MR) is 104 cm³/mol. The summed E-state index contributed by atoms with van der Waals surface area (Å²) in [4.78, 5) is 4.34. The fraction of sp³-hybridized carbons (Fsp3) is 0.350. The Balaban J connectivity index is 1.85. The monoisotopic (exact) mass is 393 g/mol. The molecule has 1 unspecified atom stereocenters. The van der Waals surface area contributed by atoms with Crippen LogP contribution < -0.4 is 20.1 Å². The highest BCUT2D eigenvalue weighted by Gasteiger charge is 2.09. The number of methoxy groups -OCH3 is 1. The van der Waals surface area contributed by atoms with Crippen LogP contribution in [0.1, 0.15) is 18.6 Å². The molecular weight excluding hydrogens is 368 g/mol. The molecule has 0 radical (unpaired) electrons. The van der Waals surface area contributed by atoms with Crippen LogP contribution in [0.3, 0.4) is 0 Å². The van der Waals surface area contributed by atoms with Gasteiger partial charge in [-0.2, -0.15) is 0 Å². The fourth-order valence-corrected chi connectivity index (χ4v) is 2.40. The van der Waals surface area contributed by atoms with Crippen LogP contribution in [0, 0.1) is 11.6 Å². The minimum absolute atomic E-state index is 0.0152.